The Morgan fingerprint density at radius 1 is 1.47 bits per heavy atom. The Kier molecular flexibility index (Phi) is 4.91. The second kappa shape index (κ2) is 6.44. The maximum absolute atomic E-state index is 5.63. The molecule has 1 atom stereocenters. The molecule has 0 aromatic carbocycles. The van der Waals surface area contributed by atoms with E-state index in [1.54, 1.807) is 0 Å². The highest BCUT2D eigenvalue weighted by Gasteiger charge is 2.20. The van der Waals surface area contributed by atoms with Gasteiger partial charge in [0, 0.05) is 23.9 Å². The van der Waals surface area contributed by atoms with Crippen LogP contribution in [0, 0.1) is 5.92 Å². The first-order valence-electron chi connectivity index (χ1n) is 5.95. The SMILES string of the molecule is NNC(CC1CCOCC1)c1ccc(Br)cn1. The number of hydrogen-bond donors (Lipinski definition) is 2. The van der Waals surface area contributed by atoms with Crippen LogP contribution in [-0.2, 0) is 4.74 Å². The first kappa shape index (κ1) is 13.0. The highest BCUT2D eigenvalue weighted by molar-refractivity contribution is 9.10. The summed E-state index contributed by atoms with van der Waals surface area (Å²) >= 11 is 3.38. The summed E-state index contributed by atoms with van der Waals surface area (Å²) in [5.41, 5.74) is 3.87. The van der Waals surface area contributed by atoms with E-state index in [0.29, 0.717) is 5.92 Å². The van der Waals surface area contributed by atoms with E-state index in [2.05, 4.69) is 26.3 Å². The third-order valence-electron chi connectivity index (χ3n) is 3.22. The number of pyridine rings is 1. The monoisotopic (exact) mass is 299 g/mol. The van der Waals surface area contributed by atoms with Crippen molar-refractivity contribution in [2.45, 2.75) is 25.3 Å². The highest BCUT2D eigenvalue weighted by Crippen LogP contribution is 2.26. The van der Waals surface area contributed by atoms with Crippen LogP contribution >= 0.6 is 15.9 Å². The van der Waals surface area contributed by atoms with Crippen LogP contribution in [0.25, 0.3) is 0 Å². The number of rotatable bonds is 4. The molecule has 1 aliphatic heterocycles. The molecule has 1 unspecified atom stereocenters. The van der Waals surface area contributed by atoms with Crippen LogP contribution in [0.2, 0.25) is 0 Å². The molecule has 1 aliphatic rings. The van der Waals surface area contributed by atoms with Crippen LogP contribution in [0.1, 0.15) is 31.0 Å². The molecule has 0 bridgehead atoms. The minimum Gasteiger partial charge on any atom is -0.381 e. The lowest BCUT2D eigenvalue weighted by Crippen LogP contribution is -2.31. The maximum atomic E-state index is 5.63. The molecule has 0 saturated carbocycles. The zero-order valence-electron chi connectivity index (χ0n) is 9.73. The number of nitrogens with zero attached hydrogens (tertiary/aromatic N) is 1. The van der Waals surface area contributed by atoms with E-state index < -0.39 is 0 Å². The summed E-state index contributed by atoms with van der Waals surface area (Å²) in [5, 5.41) is 0. The van der Waals surface area contributed by atoms with Gasteiger partial charge in [-0.2, -0.15) is 0 Å². The third kappa shape index (κ3) is 3.74. The van der Waals surface area contributed by atoms with Crippen LogP contribution in [0.3, 0.4) is 0 Å². The second-order valence-electron chi connectivity index (χ2n) is 4.41. The molecule has 2 heterocycles. The average Bonchev–Trinajstić information content (AvgIpc) is 2.38. The van der Waals surface area contributed by atoms with E-state index in [-0.39, 0.29) is 6.04 Å². The van der Waals surface area contributed by atoms with Crippen LogP contribution in [-0.4, -0.2) is 18.2 Å². The summed E-state index contributed by atoms with van der Waals surface area (Å²) in [6.07, 6.45) is 5.07. The molecule has 3 N–H and O–H groups in total. The van der Waals surface area contributed by atoms with Crippen molar-refractivity contribution >= 4 is 15.9 Å². The van der Waals surface area contributed by atoms with E-state index in [9.17, 15) is 0 Å². The summed E-state index contributed by atoms with van der Waals surface area (Å²) in [6.45, 7) is 1.74. The van der Waals surface area contributed by atoms with E-state index in [0.717, 1.165) is 42.6 Å². The van der Waals surface area contributed by atoms with Gasteiger partial charge >= 0.3 is 0 Å². The van der Waals surface area contributed by atoms with E-state index in [1.165, 1.54) is 0 Å². The van der Waals surface area contributed by atoms with E-state index in [4.69, 9.17) is 10.6 Å². The molecule has 5 heteroatoms. The minimum atomic E-state index is 0.131. The van der Waals surface area contributed by atoms with Crippen LogP contribution < -0.4 is 11.3 Å². The lowest BCUT2D eigenvalue weighted by Gasteiger charge is -2.26. The fraction of sp³-hybridized carbons (Fsp3) is 0.583. The van der Waals surface area contributed by atoms with Gasteiger partial charge in [-0.1, -0.05) is 0 Å². The summed E-state index contributed by atoms with van der Waals surface area (Å²) in [4.78, 5) is 4.39. The molecule has 0 amide bonds. The molecule has 1 saturated heterocycles. The van der Waals surface area contributed by atoms with Crippen molar-refractivity contribution in [3.8, 4) is 0 Å². The molecule has 17 heavy (non-hydrogen) atoms. The maximum Gasteiger partial charge on any atom is 0.0634 e. The Balaban J connectivity index is 1.97. The van der Waals surface area contributed by atoms with Crippen molar-refractivity contribution < 1.29 is 4.74 Å². The van der Waals surface area contributed by atoms with Crippen molar-refractivity contribution in [1.29, 1.82) is 0 Å². The topological polar surface area (TPSA) is 60.2 Å². The molecule has 0 radical (unpaired) electrons. The Morgan fingerprint density at radius 3 is 2.82 bits per heavy atom. The largest absolute Gasteiger partial charge is 0.381 e. The van der Waals surface area contributed by atoms with Gasteiger partial charge in [0.1, 0.15) is 0 Å². The molecule has 4 nitrogen and oxygen atoms in total. The first-order chi connectivity index (χ1) is 8.29. The molecule has 94 valence electrons. The number of hydrogen-bond acceptors (Lipinski definition) is 4. The molecule has 1 aromatic heterocycles. The van der Waals surface area contributed by atoms with Gasteiger partial charge in [-0.15, -0.1) is 0 Å². The fourth-order valence-corrected chi connectivity index (χ4v) is 2.42. The van der Waals surface area contributed by atoms with Gasteiger partial charge in [0.2, 0.25) is 0 Å². The number of nitrogens with one attached hydrogen (secondary N) is 1. The lowest BCUT2D eigenvalue weighted by molar-refractivity contribution is 0.0603. The summed E-state index contributed by atoms with van der Waals surface area (Å²) < 4.78 is 6.35. The van der Waals surface area contributed by atoms with E-state index in [1.807, 2.05) is 18.3 Å². The van der Waals surface area contributed by atoms with Gasteiger partial charge < -0.3 is 4.74 Å². The van der Waals surface area contributed by atoms with Crippen molar-refractivity contribution in [1.82, 2.24) is 10.4 Å². The van der Waals surface area contributed by atoms with Gasteiger partial charge in [-0.05, 0) is 53.2 Å². The van der Waals surface area contributed by atoms with Crippen molar-refractivity contribution in [3.05, 3.63) is 28.5 Å². The summed E-state index contributed by atoms with van der Waals surface area (Å²) in [7, 11) is 0. The predicted octanol–water partition coefficient (Wildman–Crippen LogP) is 2.17. The smallest absolute Gasteiger partial charge is 0.0634 e. The first-order valence-corrected chi connectivity index (χ1v) is 6.74. The molecule has 0 aliphatic carbocycles. The lowest BCUT2D eigenvalue weighted by atomic mass is 9.91. The number of hydrazine groups is 1. The number of halogens is 1. The molecule has 1 fully saturated rings. The highest BCUT2D eigenvalue weighted by atomic mass is 79.9. The normalized spacial score (nSPS) is 19.2. The standard InChI is InChI=1S/C12H18BrN3O/c13-10-1-2-11(15-8-10)12(16-14)7-9-3-5-17-6-4-9/h1-2,8-9,12,16H,3-7,14H2. The Labute approximate surface area is 110 Å². The van der Waals surface area contributed by atoms with Crippen LogP contribution in [0.5, 0.6) is 0 Å². The van der Waals surface area contributed by atoms with Gasteiger partial charge in [0.05, 0.1) is 11.7 Å². The van der Waals surface area contributed by atoms with Gasteiger partial charge in [0.15, 0.2) is 0 Å². The molecule has 2 rings (SSSR count). The third-order valence-corrected chi connectivity index (χ3v) is 3.69. The average molecular weight is 300 g/mol. The zero-order chi connectivity index (χ0) is 12.1. The molecule has 0 spiro atoms. The summed E-state index contributed by atoms with van der Waals surface area (Å²) in [5.74, 6) is 6.30. The fourth-order valence-electron chi connectivity index (χ4n) is 2.18. The van der Waals surface area contributed by atoms with Gasteiger partial charge in [-0.25, -0.2) is 0 Å². The molecule has 1 aromatic rings. The Hall–Kier alpha value is -0.490. The molecular weight excluding hydrogens is 282 g/mol. The quantitative estimate of drug-likeness (QED) is 0.661. The second-order valence-corrected chi connectivity index (χ2v) is 5.33. The van der Waals surface area contributed by atoms with Crippen LogP contribution in [0.15, 0.2) is 22.8 Å². The van der Waals surface area contributed by atoms with Gasteiger partial charge in [-0.3, -0.25) is 16.3 Å². The minimum absolute atomic E-state index is 0.131. The molecular formula is C12H18BrN3O. The zero-order valence-corrected chi connectivity index (χ0v) is 11.3. The van der Waals surface area contributed by atoms with Crippen molar-refractivity contribution in [2.24, 2.45) is 11.8 Å². The van der Waals surface area contributed by atoms with Crippen molar-refractivity contribution in [2.75, 3.05) is 13.2 Å². The van der Waals surface area contributed by atoms with Crippen molar-refractivity contribution in [3.63, 3.8) is 0 Å². The summed E-state index contributed by atoms with van der Waals surface area (Å²) in [6, 6.07) is 4.14. The number of ether oxygens (including phenoxy) is 1. The Bertz CT molecular complexity index is 338. The predicted molar refractivity (Wildman–Crippen MR) is 70.2 cm³/mol. The number of aromatic nitrogens is 1. The Morgan fingerprint density at radius 2 is 2.24 bits per heavy atom. The van der Waals surface area contributed by atoms with E-state index >= 15 is 0 Å². The number of nitrogens with two attached hydrogens (primary N) is 1. The van der Waals surface area contributed by atoms with Gasteiger partial charge in [0.25, 0.3) is 0 Å². The van der Waals surface area contributed by atoms with Crippen LogP contribution in [0.4, 0.5) is 0 Å².